The maximum Gasteiger partial charge on any atom is 0.0641 e. The van der Waals surface area contributed by atoms with E-state index in [2.05, 4.69) is 28.9 Å². The molecule has 0 radical (unpaired) electrons. The molecule has 0 aliphatic rings. The molecule has 1 aromatic rings. The number of nitrogens with zero attached hydrogens (tertiary/aromatic N) is 2. The quantitative estimate of drug-likeness (QED) is 0.717. The van der Waals surface area contributed by atoms with Gasteiger partial charge in [0, 0.05) is 38.1 Å². The summed E-state index contributed by atoms with van der Waals surface area (Å²) < 4.78 is 7.15. The highest BCUT2D eigenvalue weighted by atomic mass is 16.5. The van der Waals surface area contributed by atoms with E-state index in [1.807, 2.05) is 7.05 Å². The molecule has 4 heteroatoms. The van der Waals surface area contributed by atoms with Crippen LogP contribution in [0, 0.1) is 13.8 Å². The van der Waals surface area contributed by atoms with Crippen molar-refractivity contribution < 1.29 is 4.74 Å². The van der Waals surface area contributed by atoms with Gasteiger partial charge in [-0.2, -0.15) is 5.10 Å². The largest absolute Gasteiger partial charge is 0.385 e. The van der Waals surface area contributed by atoms with Crippen molar-refractivity contribution in [3.8, 4) is 0 Å². The molecule has 16 heavy (non-hydrogen) atoms. The second kappa shape index (κ2) is 6.66. The molecule has 1 rings (SSSR count). The summed E-state index contributed by atoms with van der Waals surface area (Å²) in [4.78, 5) is 0. The average Bonchev–Trinajstić information content (AvgIpc) is 2.53. The predicted molar refractivity (Wildman–Crippen MR) is 65.6 cm³/mol. The SMILES string of the molecule is CNCc1c(C)nn(CCCCOC)c1C. The second-order valence-corrected chi connectivity index (χ2v) is 4.10. The van der Waals surface area contributed by atoms with Crippen LogP contribution in [0.25, 0.3) is 0 Å². The van der Waals surface area contributed by atoms with Crippen LogP contribution < -0.4 is 5.32 Å². The van der Waals surface area contributed by atoms with Crippen LogP contribution in [0.5, 0.6) is 0 Å². The van der Waals surface area contributed by atoms with Gasteiger partial charge in [-0.3, -0.25) is 4.68 Å². The molecule has 4 nitrogen and oxygen atoms in total. The van der Waals surface area contributed by atoms with Crippen molar-refractivity contribution in [2.24, 2.45) is 0 Å². The monoisotopic (exact) mass is 225 g/mol. The lowest BCUT2D eigenvalue weighted by Gasteiger charge is -2.05. The number of nitrogens with one attached hydrogen (secondary N) is 1. The molecule has 0 bridgehead atoms. The van der Waals surface area contributed by atoms with Gasteiger partial charge in [0.15, 0.2) is 0 Å². The van der Waals surface area contributed by atoms with E-state index in [0.717, 1.165) is 38.2 Å². The third-order valence-corrected chi connectivity index (χ3v) is 2.85. The van der Waals surface area contributed by atoms with Gasteiger partial charge in [-0.25, -0.2) is 0 Å². The highest BCUT2D eigenvalue weighted by Crippen LogP contribution is 2.13. The first-order chi connectivity index (χ1) is 7.70. The van der Waals surface area contributed by atoms with Crippen LogP contribution in [-0.4, -0.2) is 30.5 Å². The minimum Gasteiger partial charge on any atom is -0.385 e. The summed E-state index contributed by atoms with van der Waals surface area (Å²) in [5.41, 5.74) is 3.75. The fourth-order valence-electron chi connectivity index (χ4n) is 1.89. The summed E-state index contributed by atoms with van der Waals surface area (Å²) in [6.45, 7) is 6.94. The molecule has 0 spiro atoms. The number of methoxy groups -OCH3 is 1. The molecule has 1 aromatic heterocycles. The molecule has 1 heterocycles. The molecule has 0 saturated heterocycles. The molecule has 0 amide bonds. The van der Waals surface area contributed by atoms with Crippen LogP contribution in [0.2, 0.25) is 0 Å². The number of hydrogen-bond donors (Lipinski definition) is 1. The lowest BCUT2D eigenvalue weighted by atomic mass is 10.2. The van der Waals surface area contributed by atoms with Gasteiger partial charge in [-0.05, 0) is 33.7 Å². The minimum atomic E-state index is 0.836. The average molecular weight is 225 g/mol. The fourth-order valence-corrected chi connectivity index (χ4v) is 1.89. The van der Waals surface area contributed by atoms with Crippen molar-refractivity contribution in [2.45, 2.75) is 39.8 Å². The zero-order valence-corrected chi connectivity index (χ0v) is 10.8. The van der Waals surface area contributed by atoms with Crippen LogP contribution >= 0.6 is 0 Å². The summed E-state index contributed by atoms with van der Waals surface area (Å²) in [6, 6.07) is 0. The van der Waals surface area contributed by atoms with Gasteiger partial charge in [-0.1, -0.05) is 0 Å². The number of ether oxygens (including phenoxy) is 1. The lowest BCUT2D eigenvalue weighted by Crippen LogP contribution is -2.08. The van der Waals surface area contributed by atoms with Gasteiger partial charge in [0.25, 0.3) is 0 Å². The van der Waals surface area contributed by atoms with Crippen molar-refractivity contribution in [3.63, 3.8) is 0 Å². The molecular weight excluding hydrogens is 202 g/mol. The third-order valence-electron chi connectivity index (χ3n) is 2.85. The molecule has 1 N–H and O–H groups in total. The fraction of sp³-hybridized carbons (Fsp3) is 0.750. The highest BCUT2D eigenvalue weighted by Gasteiger charge is 2.09. The van der Waals surface area contributed by atoms with E-state index in [1.54, 1.807) is 7.11 Å². The number of aromatic nitrogens is 2. The van der Waals surface area contributed by atoms with E-state index >= 15 is 0 Å². The van der Waals surface area contributed by atoms with E-state index in [0.29, 0.717) is 0 Å². The van der Waals surface area contributed by atoms with E-state index in [1.165, 1.54) is 11.3 Å². The van der Waals surface area contributed by atoms with Gasteiger partial charge < -0.3 is 10.1 Å². The smallest absolute Gasteiger partial charge is 0.0641 e. The Morgan fingerprint density at radius 1 is 1.31 bits per heavy atom. The van der Waals surface area contributed by atoms with E-state index in [4.69, 9.17) is 4.74 Å². The minimum absolute atomic E-state index is 0.836. The van der Waals surface area contributed by atoms with Crippen molar-refractivity contribution in [1.82, 2.24) is 15.1 Å². The summed E-state index contributed by atoms with van der Waals surface area (Å²) >= 11 is 0. The summed E-state index contributed by atoms with van der Waals surface area (Å²) in [7, 11) is 3.71. The molecule has 0 aliphatic heterocycles. The maximum absolute atomic E-state index is 5.04. The van der Waals surface area contributed by atoms with Gasteiger partial charge in [0.2, 0.25) is 0 Å². The second-order valence-electron chi connectivity index (χ2n) is 4.10. The van der Waals surface area contributed by atoms with Gasteiger partial charge >= 0.3 is 0 Å². The Kier molecular flexibility index (Phi) is 5.49. The van der Waals surface area contributed by atoms with Crippen LogP contribution in [0.3, 0.4) is 0 Å². The molecule has 0 unspecified atom stereocenters. The Hall–Kier alpha value is -0.870. The first-order valence-corrected chi connectivity index (χ1v) is 5.87. The number of rotatable bonds is 7. The van der Waals surface area contributed by atoms with Gasteiger partial charge in [-0.15, -0.1) is 0 Å². The van der Waals surface area contributed by atoms with Crippen LogP contribution in [0.15, 0.2) is 0 Å². The molecule has 0 fully saturated rings. The normalized spacial score (nSPS) is 11.0. The van der Waals surface area contributed by atoms with E-state index in [9.17, 15) is 0 Å². The first kappa shape index (κ1) is 13.2. The Morgan fingerprint density at radius 2 is 2.06 bits per heavy atom. The standard InChI is InChI=1S/C12H23N3O/c1-10-12(9-13-3)11(2)15(14-10)7-5-6-8-16-4/h13H,5-9H2,1-4H3. The third kappa shape index (κ3) is 3.32. The molecular formula is C12H23N3O. The van der Waals surface area contributed by atoms with Gasteiger partial charge in [0.05, 0.1) is 5.69 Å². The topological polar surface area (TPSA) is 39.1 Å². The zero-order chi connectivity index (χ0) is 12.0. The van der Waals surface area contributed by atoms with Crippen LogP contribution in [0.1, 0.15) is 29.8 Å². The van der Waals surface area contributed by atoms with Crippen molar-refractivity contribution in [2.75, 3.05) is 20.8 Å². The summed E-state index contributed by atoms with van der Waals surface area (Å²) in [5, 5.41) is 7.74. The molecule has 0 saturated carbocycles. The van der Waals surface area contributed by atoms with Crippen LogP contribution in [0.4, 0.5) is 0 Å². The predicted octanol–water partition coefficient (Wildman–Crippen LogP) is 1.65. The molecule has 0 aliphatic carbocycles. The summed E-state index contributed by atoms with van der Waals surface area (Å²) in [6.07, 6.45) is 2.21. The van der Waals surface area contributed by atoms with Crippen LogP contribution in [-0.2, 0) is 17.8 Å². The van der Waals surface area contributed by atoms with Crippen molar-refractivity contribution in [1.29, 1.82) is 0 Å². The Morgan fingerprint density at radius 3 is 2.69 bits per heavy atom. The van der Waals surface area contributed by atoms with E-state index in [-0.39, 0.29) is 0 Å². The lowest BCUT2D eigenvalue weighted by molar-refractivity contribution is 0.191. The zero-order valence-electron chi connectivity index (χ0n) is 10.8. The molecule has 0 atom stereocenters. The molecule has 92 valence electrons. The Labute approximate surface area is 98.0 Å². The molecule has 0 aromatic carbocycles. The van der Waals surface area contributed by atoms with Gasteiger partial charge in [0.1, 0.15) is 0 Å². The Balaban J connectivity index is 2.56. The first-order valence-electron chi connectivity index (χ1n) is 5.87. The summed E-state index contributed by atoms with van der Waals surface area (Å²) in [5.74, 6) is 0. The number of aryl methyl sites for hydroxylation is 2. The van der Waals surface area contributed by atoms with Crippen molar-refractivity contribution in [3.05, 3.63) is 17.0 Å². The Bertz CT molecular complexity index is 320. The van der Waals surface area contributed by atoms with E-state index < -0.39 is 0 Å². The number of unbranched alkanes of at least 4 members (excludes halogenated alkanes) is 1. The van der Waals surface area contributed by atoms with Crippen molar-refractivity contribution >= 4 is 0 Å². The highest BCUT2D eigenvalue weighted by molar-refractivity contribution is 5.24. The number of hydrogen-bond acceptors (Lipinski definition) is 3. The maximum atomic E-state index is 5.04.